The van der Waals surface area contributed by atoms with Crippen LogP contribution in [0.3, 0.4) is 0 Å². The highest BCUT2D eigenvalue weighted by molar-refractivity contribution is 6.89. The van der Waals surface area contributed by atoms with E-state index in [1.54, 1.807) is 0 Å². The molecule has 5 aromatic rings. The second-order valence-electron chi connectivity index (χ2n) is 9.05. The van der Waals surface area contributed by atoms with Gasteiger partial charge >= 0.3 is 0 Å². The number of aryl methyl sites for hydroxylation is 1. The Morgan fingerprint density at radius 1 is 0.733 bits per heavy atom. The average Bonchev–Trinajstić information content (AvgIpc) is 3.07. The van der Waals surface area contributed by atoms with E-state index in [1.807, 2.05) is 0 Å². The summed E-state index contributed by atoms with van der Waals surface area (Å²) in [5, 5.41) is 3.97. The first-order valence-corrected chi connectivity index (χ1v) is 14.0. The lowest BCUT2D eigenvalue weighted by Gasteiger charge is -2.19. The highest BCUT2D eigenvalue weighted by atomic mass is 28.3. The summed E-state index contributed by atoms with van der Waals surface area (Å²) in [7, 11) is -1.38. The van der Waals surface area contributed by atoms with Gasteiger partial charge in [0.25, 0.3) is 0 Å². The second-order valence-corrected chi connectivity index (χ2v) is 14.1. The van der Waals surface area contributed by atoms with Gasteiger partial charge in [-0.25, -0.2) is 0 Å². The molecule has 0 unspecified atom stereocenters. The van der Waals surface area contributed by atoms with Gasteiger partial charge in [0, 0.05) is 28.2 Å². The summed E-state index contributed by atoms with van der Waals surface area (Å²) in [6, 6.07) is 28.2. The van der Waals surface area contributed by atoms with Crippen molar-refractivity contribution >= 4 is 35.1 Å². The van der Waals surface area contributed by atoms with Crippen LogP contribution < -0.4 is 5.19 Å². The molecule has 5 rings (SSSR count). The Kier molecular flexibility index (Phi) is 4.37. The molecule has 148 valence electrons. The quantitative estimate of drug-likeness (QED) is 0.305. The monoisotopic (exact) mass is 406 g/mol. The predicted octanol–water partition coefficient (Wildman–Crippen LogP) is 6.70. The fraction of sp³-hybridized carbons (Fsp3) is 0.148. The van der Waals surface area contributed by atoms with Crippen molar-refractivity contribution in [2.24, 2.45) is 0 Å². The molecular weight excluding hydrogens is 380 g/mol. The molecule has 0 saturated heterocycles. The summed E-state index contributed by atoms with van der Waals surface area (Å²) >= 11 is 0. The van der Waals surface area contributed by atoms with Gasteiger partial charge in [-0.1, -0.05) is 62.1 Å². The van der Waals surface area contributed by atoms with E-state index in [2.05, 4.69) is 116 Å². The molecule has 0 spiro atoms. The van der Waals surface area contributed by atoms with Crippen LogP contribution in [-0.4, -0.2) is 17.6 Å². The Morgan fingerprint density at radius 2 is 1.43 bits per heavy atom. The highest BCUT2D eigenvalue weighted by Gasteiger charge is 2.20. The van der Waals surface area contributed by atoms with E-state index in [0.29, 0.717) is 0 Å². The zero-order valence-corrected chi connectivity index (χ0v) is 19.0. The smallest absolute Gasteiger partial charge is 0.0799 e. The minimum atomic E-state index is -1.38. The van der Waals surface area contributed by atoms with E-state index in [1.165, 1.54) is 43.8 Å². The standard InChI is InChI=1S/C27H26N2Si/c1-19-16-24(28-18-27(19)30(2,3)4)20-14-15-26-23(17-20)22-12-8-9-13-25(22)29(26)21-10-6-5-7-11-21/h5-18H,1-4H3. The number of nitrogens with zero attached hydrogens (tertiary/aromatic N) is 2. The number of fused-ring (bicyclic) bond motifs is 3. The maximum atomic E-state index is 4.86. The normalized spacial score (nSPS) is 12.0. The fourth-order valence-corrected chi connectivity index (χ4v) is 6.19. The van der Waals surface area contributed by atoms with Crippen molar-refractivity contribution in [1.82, 2.24) is 9.55 Å². The molecule has 0 atom stereocenters. The molecule has 30 heavy (non-hydrogen) atoms. The number of pyridine rings is 1. The third kappa shape index (κ3) is 3.06. The Hall–Kier alpha value is -3.17. The summed E-state index contributed by atoms with van der Waals surface area (Å²) in [5.41, 5.74) is 7.21. The van der Waals surface area contributed by atoms with E-state index in [9.17, 15) is 0 Å². The van der Waals surface area contributed by atoms with E-state index >= 15 is 0 Å². The summed E-state index contributed by atoms with van der Waals surface area (Å²) < 4.78 is 2.35. The van der Waals surface area contributed by atoms with E-state index in [0.717, 1.165) is 5.69 Å². The largest absolute Gasteiger partial charge is 0.309 e. The van der Waals surface area contributed by atoms with Crippen LogP contribution in [0.4, 0.5) is 0 Å². The van der Waals surface area contributed by atoms with Gasteiger partial charge in [0.15, 0.2) is 0 Å². The number of aromatic nitrogens is 2. The second kappa shape index (κ2) is 6.96. The molecule has 0 aliphatic rings. The lowest BCUT2D eigenvalue weighted by Crippen LogP contribution is -2.39. The van der Waals surface area contributed by atoms with Gasteiger partial charge in [0.2, 0.25) is 0 Å². The Balaban J connectivity index is 1.73. The number of benzene rings is 3. The molecule has 3 aromatic carbocycles. The van der Waals surface area contributed by atoms with Crippen molar-refractivity contribution in [3.05, 3.63) is 90.6 Å². The summed E-state index contributed by atoms with van der Waals surface area (Å²) in [6.07, 6.45) is 2.11. The number of hydrogen-bond acceptors (Lipinski definition) is 1. The first kappa shape index (κ1) is 18.8. The van der Waals surface area contributed by atoms with Crippen LogP contribution in [0.2, 0.25) is 19.6 Å². The first-order valence-electron chi connectivity index (χ1n) is 10.5. The maximum absolute atomic E-state index is 4.86. The van der Waals surface area contributed by atoms with Gasteiger partial charge in [-0.15, -0.1) is 0 Å². The molecule has 3 heteroatoms. The van der Waals surface area contributed by atoms with Crippen LogP contribution in [0.15, 0.2) is 85.1 Å². The van der Waals surface area contributed by atoms with Crippen molar-refractivity contribution in [2.75, 3.05) is 0 Å². The Morgan fingerprint density at radius 3 is 2.17 bits per heavy atom. The summed E-state index contributed by atoms with van der Waals surface area (Å²) in [6.45, 7) is 9.35. The molecule has 2 heterocycles. The topological polar surface area (TPSA) is 17.8 Å². The summed E-state index contributed by atoms with van der Waals surface area (Å²) in [5.74, 6) is 0. The Labute approximate surface area is 178 Å². The molecule has 0 radical (unpaired) electrons. The van der Waals surface area contributed by atoms with Crippen LogP contribution >= 0.6 is 0 Å². The summed E-state index contributed by atoms with van der Waals surface area (Å²) in [4.78, 5) is 4.86. The molecule has 2 nitrogen and oxygen atoms in total. The number of rotatable bonds is 3. The van der Waals surface area contributed by atoms with E-state index in [4.69, 9.17) is 4.98 Å². The zero-order chi connectivity index (χ0) is 20.9. The molecule has 0 aliphatic carbocycles. The highest BCUT2D eigenvalue weighted by Crippen LogP contribution is 2.34. The van der Waals surface area contributed by atoms with Gasteiger partial charge in [-0.3, -0.25) is 4.98 Å². The minimum Gasteiger partial charge on any atom is -0.309 e. The molecule has 0 amide bonds. The van der Waals surface area contributed by atoms with Gasteiger partial charge in [-0.05, 0) is 54.1 Å². The molecule has 0 fully saturated rings. The average molecular weight is 407 g/mol. The number of para-hydroxylation sites is 2. The van der Waals surface area contributed by atoms with Gasteiger partial charge < -0.3 is 4.57 Å². The molecule has 0 saturated carbocycles. The molecule has 0 aliphatic heterocycles. The van der Waals surface area contributed by atoms with Crippen molar-refractivity contribution in [3.8, 4) is 16.9 Å². The van der Waals surface area contributed by atoms with Crippen molar-refractivity contribution in [1.29, 1.82) is 0 Å². The van der Waals surface area contributed by atoms with Crippen LogP contribution in [0.1, 0.15) is 5.56 Å². The van der Waals surface area contributed by atoms with Gasteiger partial charge in [0.05, 0.1) is 24.8 Å². The maximum Gasteiger partial charge on any atom is 0.0799 e. The van der Waals surface area contributed by atoms with E-state index in [-0.39, 0.29) is 0 Å². The van der Waals surface area contributed by atoms with Gasteiger partial charge in [0.1, 0.15) is 0 Å². The minimum absolute atomic E-state index is 1.05. The first-order chi connectivity index (χ1) is 14.4. The fourth-order valence-electron chi connectivity index (χ4n) is 4.49. The lowest BCUT2D eigenvalue weighted by atomic mass is 10.1. The number of hydrogen-bond donors (Lipinski definition) is 0. The van der Waals surface area contributed by atoms with Crippen LogP contribution in [-0.2, 0) is 0 Å². The third-order valence-electron chi connectivity index (χ3n) is 5.90. The van der Waals surface area contributed by atoms with Crippen molar-refractivity contribution in [3.63, 3.8) is 0 Å². The van der Waals surface area contributed by atoms with Crippen molar-refractivity contribution < 1.29 is 0 Å². The molecule has 0 N–H and O–H groups in total. The van der Waals surface area contributed by atoms with Crippen molar-refractivity contribution in [2.45, 2.75) is 26.6 Å². The van der Waals surface area contributed by atoms with Crippen LogP contribution in [0.25, 0.3) is 38.8 Å². The predicted molar refractivity (Wildman–Crippen MR) is 132 cm³/mol. The molecule has 2 aromatic heterocycles. The lowest BCUT2D eigenvalue weighted by molar-refractivity contribution is 1.18. The van der Waals surface area contributed by atoms with Gasteiger partial charge in [-0.2, -0.15) is 0 Å². The molecule has 0 bridgehead atoms. The molecular formula is C27H26N2Si. The van der Waals surface area contributed by atoms with Crippen LogP contribution in [0.5, 0.6) is 0 Å². The third-order valence-corrected chi connectivity index (χ3v) is 8.04. The Bertz CT molecular complexity index is 1380. The van der Waals surface area contributed by atoms with E-state index < -0.39 is 8.07 Å². The zero-order valence-electron chi connectivity index (χ0n) is 18.0. The van der Waals surface area contributed by atoms with Crippen LogP contribution in [0, 0.1) is 6.92 Å². The SMILES string of the molecule is Cc1cc(-c2ccc3c(c2)c2ccccc2n3-c2ccccc2)ncc1[Si](C)(C)C.